The van der Waals surface area contributed by atoms with Gasteiger partial charge in [-0.1, -0.05) is 6.42 Å². The van der Waals surface area contributed by atoms with Crippen LogP contribution in [0.3, 0.4) is 0 Å². The Bertz CT molecular complexity index is 773. The molecule has 1 N–H and O–H groups in total. The van der Waals surface area contributed by atoms with E-state index in [2.05, 4.69) is 26.4 Å². The third-order valence-electron chi connectivity index (χ3n) is 7.70. The maximum Gasteiger partial charge on any atom is 0.223 e. The molecule has 7 nitrogen and oxygen atoms in total. The SMILES string of the molecule is Cn1cc(CN2C[C@H]3C[C@@H](C2)[C@H](CNC(=O)C2CCC2)N2C(=O)CCC[C@@H]32)cn1. The molecule has 1 aliphatic carbocycles. The topological polar surface area (TPSA) is 70.5 Å². The normalized spacial score (nSPS) is 32.6. The van der Waals surface area contributed by atoms with Crippen molar-refractivity contribution < 1.29 is 9.59 Å². The summed E-state index contributed by atoms with van der Waals surface area (Å²) in [7, 11) is 1.96. The molecule has 1 saturated carbocycles. The summed E-state index contributed by atoms with van der Waals surface area (Å²) in [5.41, 5.74) is 1.25. The molecule has 5 rings (SSSR count). The number of likely N-dealkylation sites (tertiary alicyclic amines) is 1. The number of fused-ring (bicyclic) bond motifs is 4. The van der Waals surface area contributed by atoms with E-state index in [-0.39, 0.29) is 17.9 Å². The van der Waals surface area contributed by atoms with Gasteiger partial charge in [-0.2, -0.15) is 5.10 Å². The third-order valence-corrected chi connectivity index (χ3v) is 7.70. The van der Waals surface area contributed by atoms with Crippen LogP contribution in [0.1, 0.15) is 50.5 Å². The Morgan fingerprint density at radius 1 is 1.21 bits per heavy atom. The van der Waals surface area contributed by atoms with E-state index in [1.807, 2.05) is 17.9 Å². The molecule has 0 spiro atoms. The van der Waals surface area contributed by atoms with Crippen LogP contribution in [0.25, 0.3) is 0 Å². The molecule has 4 aliphatic rings. The van der Waals surface area contributed by atoms with Crippen LogP contribution in [0.5, 0.6) is 0 Å². The number of hydrogen-bond acceptors (Lipinski definition) is 4. The molecule has 4 atom stereocenters. The van der Waals surface area contributed by atoms with Gasteiger partial charge in [0.15, 0.2) is 0 Å². The van der Waals surface area contributed by atoms with Gasteiger partial charge in [0, 0.05) is 63.4 Å². The van der Waals surface area contributed by atoms with Gasteiger partial charge in [0.25, 0.3) is 0 Å². The molecular weight excluding hydrogens is 366 g/mol. The molecule has 29 heavy (non-hydrogen) atoms. The van der Waals surface area contributed by atoms with Crippen LogP contribution >= 0.6 is 0 Å². The first-order chi connectivity index (χ1) is 14.1. The van der Waals surface area contributed by atoms with Crippen LogP contribution in [-0.2, 0) is 23.2 Å². The molecule has 2 bridgehead atoms. The van der Waals surface area contributed by atoms with E-state index in [1.165, 1.54) is 18.4 Å². The number of nitrogens with zero attached hydrogens (tertiary/aromatic N) is 4. The second-order valence-electron chi connectivity index (χ2n) is 9.67. The van der Waals surface area contributed by atoms with Crippen molar-refractivity contribution in [3.63, 3.8) is 0 Å². The van der Waals surface area contributed by atoms with Gasteiger partial charge < -0.3 is 10.2 Å². The number of nitrogens with one attached hydrogen (secondary N) is 1. The van der Waals surface area contributed by atoms with Crippen LogP contribution in [0.15, 0.2) is 12.4 Å². The summed E-state index contributed by atoms with van der Waals surface area (Å²) in [4.78, 5) is 30.1. The zero-order chi connectivity index (χ0) is 20.0. The number of amides is 2. The van der Waals surface area contributed by atoms with E-state index >= 15 is 0 Å². The molecule has 2 amide bonds. The van der Waals surface area contributed by atoms with Crippen molar-refractivity contribution in [1.82, 2.24) is 24.9 Å². The number of piperidine rings is 3. The highest BCUT2D eigenvalue weighted by atomic mass is 16.2. The summed E-state index contributed by atoms with van der Waals surface area (Å²) in [5, 5.41) is 7.53. The molecule has 3 saturated heterocycles. The van der Waals surface area contributed by atoms with Gasteiger partial charge in [-0.15, -0.1) is 0 Å². The van der Waals surface area contributed by atoms with E-state index in [1.54, 1.807) is 0 Å². The largest absolute Gasteiger partial charge is 0.354 e. The lowest BCUT2D eigenvalue weighted by Gasteiger charge is -2.56. The second kappa shape index (κ2) is 7.74. The van der Waals surface area contributed by atoms with Gasteiger partial charge in [-0.3, -0.25) is 19.2 Å². The van der Waals surface area contributed by atoms with Crippen molar-refractivity contribution in [2.75, 3.05) is 19.6 Å². The summed E-state index contributed by atoms with van der Waals surface area (Å²) in [5.74, 6) is 1.69. The Kier molecular flexibility index (Phi) is 5.10. The fourth-order valence-corrected chi connectivity index (χ4v) is 6.10. The highest BCUT2D eigenvalue weighted by Crippen LogP contribution is 2.41. The number of hydrogen-bond donors (Lipinski definition) is 1. The molecule has 7 heteroatoms. The Morgan fingerprint density at radius 2 is 2.03 bits per heavy atom. The van der Waals surface area contributed by atoms with Crippen LogP contribution in [0.2, 0.25) is 0 Å². The molecule has 4 heterocycles. The maximum atomic E-state index is 12.9. The minimum atomic E-state index is 0.143. The zero-order valence-electron chi connectivity index (χ0n) is 17.4. The van der Waals surface area contributed by atoms with Gasteiger partial charge >= 0.3 is 0 Å². The average molecular weight is 400 g/mol. The second-order valence-corrected chi connectivity index (χ2v) is 9.67. The molecule has 1 aromatic rings. The Morgan fingerprint density at radius 3 is 2.76 bits per heavy atom. The van der Waals surface area contributed by atoms with E-state index < -0.39 is 0 Å². The highest BCUT2D eigenvalue weighted by Gasteiger charge is 2.49. The first kappa shape index (κ1) is 19.1. The lowest BCUT2D eigenvalue weighted by molar-refractivity contribution is -0.153. The summed E-state index contributed by atoms with van der Waals surface area (Å²) >= 11 is 0. The number of carbonyl (C=O) groups is 2. The maximum absolute atomic E-state index is 12.9. The monoisotopic (exact) mass is 399 g/mol. The quantitative estimate of drug-likeness (QED) is 0.815. The zero-order valence-corrected chi connectivity index (χ0v) is 17.4. The fraction of sp³-hybridized carbons (Fsp3) is 0.773. The van der Waals surface area contributed by atoms with E-state index in [0.717, 1.165) is 45.3 Å². The molecule has 0 aromatic carbocycles. The summed E-state index contributed by atoms with van der Waals surface area (Å²) in [6.45, 7) is 3.59. The lowest BCUT2D eigenvalue weighted by Crippen LogP contribution is -2.67. The van der Waals surface area contributed by atoms with Gasteiger partial charge in [0.1, 0.15) is 0 Å². The van der Waals surface area contributed by atoms with Gasteiger partial charge in [-0.25, -0.2) is 0 Å². The predicted octanol–water partition coefficient (Wildman–Crippen LogP) is 1.54. The van der Waals surface area contributed by atoms with Crippen LogP contribution < -0.4 is 5.32 Å². The minimum Gasteiger partial charge on any atom is -0.354 e. The predicted molar refractivity (Wildman–Crippen MR) is 109 cm³/mol. The van der Waals surface area contributed by atoms with E-state index in [4.69, 9.17) is 0 Å². The van der Waals surface area contributed by atoms with Crippen LogP contribution in [0, 0.1) is 17.8 Å². The third kappa shape index (κ3) is 3.69. The molecular formula is C22H33N5O2. The average Bonchev–Trinajstić information content (AvgIpc) is 3.05. The standard InChI is InChI=1S/C22H33N5O2/c1-25-11-15(9-24-25)12-26-13-17-8-18(14-26)20(10-23-22(29)16-4-2-5-16)27-19(17)6-3-7-21(27)28/h9,11,16-20H,2-8,10,12-14H2,1H3,(H,23,29)/t17-,18+,19+,20+/m1/s1. The molecule has 4 fully saturated rings. The van der Waals surface area contributed by atoms with Crippen molar-refractivity contribution in [3.05, 3.63) is 18.0 Å². The summed E-state index contributed by atoms with van der Waals surface area (Å²) in [6, 6.07) is 0.486. The number of rotatable bonds is 5. The van der Waals surface area contributed by atoms with E-state index in [9.17, 15) is 9.59 Å². The highest BCUT2D eigenvalue weighted by molar-refractivity contribution is 5.80. The Labute approximate surface area is 172 Å². The minimum absolute atomic E-state index is 0.143. The van der Waals surface area contributed by atoms with Gasteiger partial charge in [0.05, 0.1) is 12.2 Å². The molecule has 0 unspecified atom stereocenters. The van der Waals surface area contributed by atoms with Crippen molar-refractivity contribution in [2.45, 2.75) is 63.6 Å². The first-order valence-corrected chi connectivity index (χ1v) is 11.4. The molecule has 1 aromatic heterocycles. The molecule has 0 radical (unpaired) electrons. The smallest absolute Gasteiger partial charge is 0.223 e. The number of aryl methyl sites for hydroxylation is 1. The molecule has 3 aliphatic heterocycles. The van der Waals surface area contributed by atoms with Crippen molar-refractivity contribution in [2.24, 2.45) is 24.8 Å². The number of carbonyl (C=O) groups excluding carboxylic acids is 2. The van der Waals surface area contributed by atoms with Gasteiger partial charge in [-0.05, 0) is 43.9 Å². The van der Waals surface area contributed by atoms with Crippen LogP contribution in [0.4, 0.5) is 0 Å². The van der Waals surface area contributed by atoms with Crippen molar-refractivity contribution in [1.29, 1.82) is 0 Å². The molecule has 158 valence electrons. The van der Waals surface area contributed by atoms with Gasteiger partial charge in [0.2, 0.25) is 11.8 Å². The first-order valence-electron chi connectivity index (χ1n) is 11.4. The summed E-state index contributed by atoms with van der Waals surface area (Å²) < 4.78 is 1.86. The Balaban J connectivity index is 1.32. The Hall–Kier alpha value is -1.89. The fourth-order valence-electron chi connectivity index (χ4n) is 6.10. The van der Waals surface area contributed by atoms with E-state index in [0.29, 0.717) is 36.8 Å². The van der Waals surface area contributed by atoms with Crippen molar-refractivity contribution >= 4 is 11.8 Å². The number of aromatic nitrogens is 2. The lowest BCUT2D eigenvalue weighted by atomic mass is 9.72. The van der Waals surface area contributed by atoms with Crippen molar-refractivity contribution in [3.8, 4) is 0 Å². The van der Waals surface area contributed by atoms with Crippen LogP contribution in [-0.4, -0.2) is 63.1 Å². The summed E-state index contributed by atoms with van der Waals surface area (Å²) in [6.07, 6.45) is 11.2.